The molecule has 2 aliphatic carbocycles. The van der Waals surface area contributed by atoms with Crippen molar-refractivity contribution < 1.29 is 41.9 Å². The second-order valence-corrected chi connectivity index (χ2v) is 15.4. The average molecular weight is 684 g/mol. The van der Waals surface area contributed by atoms with Gasteiger partial charge in [-0.25, -0.2) is 18.0 Å². The minimum Gasteiger partial charge on any atom is -0.449 e. The summed E-state index contributed by atoms with van der Waals surface area (Å²) in [4.78, 5) is 70.4. The molecule has 15 heteroatoms. The van der Waals surface area contributed by atoms with Gasteiger partial charge in [-0.2, -0.15) is 0 Å². The summed E-state index contributed by atoms with van der Waals surface area (Å²) in [7, 11) is -3.90. The molecule has 2 saturated carbocycles. The standard InChI is InChI=1S/C33H41N5O9S/c1-4-22-15-33(22,30(41)36-48(44,45)24-11-12-24)35-28(39)26-14-23-17-38(26)29(40)27(19(2)3)34-31(42)46-13-6-5-8-20-9-7-10-21-16-37(18-25(20)21)32(43)47-23/h4-5,7-10,19,22-24,26-27H,1,6,11-18H2,2-3H3,(H,34,42)(H,35,39)(H,36,41)/t22-,23-,26+,27+,33-/m1/s1. The second kappa shape index (κ2) is 12.9. The van der Waals surface area contributed by atoms with Crippen molar-refractivity contribution in [3.05, 3.63) is 53.6 Å². The van der Waals surface area contributed by atoms with Gasteiger partial charge in [-0.05, 0) is 48.3 Å². The highest BCUT2D eigenvalue weighted by molar-refractivity contribution is 7.91. The number of hydrogen-bond donors (Lipinski definition) is 3. The van der Waals surface area contributed by atoms with Crippen molar-refractivity contribution in [2.75, 3.05) is 13.2 Å². The Labute approximate surface area is 279 Å². The number of nitrogens with zero attached hydrogens (tertiary/aromatic N) is 2. The zero-order chi connectivity index (χ0) is 34.4. The van der Waals surface area contributed by atoms with Crippen molar-refractivity contribution in [3.8, 4) is 0 Å². The van der Waals surface area contributed by atoms with E-state index >= 15 is 0 Å². The molecule has 3 aliphatic heterocycles. The molecule has 3 heterocycles. The maximum atomic E-state index is 14.1. The van der Waals surface area contributed by atoms with Gasteiger partial charge in [0.2, 0.25) is 21.8 Å². The molecule has 1 saturated heterocycles. The predicted molar refractivity (Wildman–Crippen MR) is 172 cm³/mol. The van der Waals surface area contributed by atoms with Crippen molar-refractivity contribution in [1.29, 1.82) is 0 Å². The quantitative estimate of drug-likeness (QED) is 0.362. The molecule has 0 aromatic heterocycles. The largest absolute Gasteiger partial charge is 0.449 e. The molecule has 5 amide bonds. The van der Waals surface area contributed by atoms with Crippen molar-refractivity contribution in [3.63, 3.8) is 0 Å². The van der Waals surface area contributed by atoms with Crippen LogP contribution in [0.25, 0.3) is 6.08 Å². The van der Waals surface area contributed by atoms with E-state index in [9.17, 15) is 32.4 Å². The average Bonchev–Trinajstić information content (AvgIpc) is 3.93. The van der Waals surface area contributed by atoms with Gasteiger partial charge in [0.1, 0.15) is 23.7 Å². The SMILES string of the molecule is C=C[C@@H]1C[C@]1(NC(=O)[C@@H]1C[C@@H]2CN1C(=O)[C@H](C(C)C)NC(=O)OCCC=Cc1cccc3c1CN(C3)C(=O)O2)C(=O)NS(=O)(=O)C1CC1. The number of alkyl carbamates (subject to hydrolysis) is 1. The molecule has 0 spiro atoms. The molecule has 14 nitrogen and oxygen atoms in total. The first-order chi connectivity index (χ1) is 22.8. The number of ether oxygens (including phenoxy) is 2. The molecule has 1 aromatic rings. The number of benzene rings is 1. The van der Waals surface area contributed by atoms with Gasteiger partial charge < -0.3 is 25.0 Å². The van der Waals surface area contributed by atoms with Crippen LogP contribution in [0.4, 0.5) is 9.59 Å². The Bertz CT molecular complexity index is 1670. The summed E-state index contributed by atoms with van der Waals surface area (Å²) >= 11 is 0. The van der Waals surface area contributed by atoms with Crippen LogP contribution >= 0.6 is 0 Å². The van der Waals surface area contributed by atoms with E-state index in [4.69, 9.17) is 9.47 Å². The van der Waals surface area contributed by atoms with E-state index in [1.54, 1.807) is 18.7 Å². The van der Waals surface area contributed by atoms with Crippen LogP contribution in [0.2, 0.25) is 0 Å². The fourth-order valence-electron chi connectivity index (χ4n) is 6.64. The Balaban J connectivity index is 1.26. The van der Waals surface area contributed by atoms with Crippen LogP contribution < -0.4 is 15.4 Å². The lowest BCUT2D eigenvalue weighted by Gasteiger charge is -2.31. The van der Waals surface area contributed by atoms with Gasteiger partial charge in [-0.3, -0.25) is 24.0 Å². The third kappa shape index (κ3) is 6.64. The summed E-state index contributed by atoms with van der Waals surface area (Å²) in [6, 6.07) is 3.51. The van der Waals surface area contributed by atoms with Crippen LogP contribution in [-0.4, -0.2) is 90.3 Å². The molecule has 4 bridgehead atoms. The normalized spacial score (nSPS) is 28.9. The Morgan fingerprint density at radius 1 is 1.17 bits per heavy atom. The minimum absolute atomic E-state index is 0.0662. The Morgan fingerprint density at radius 2 is 1.94 bits per heavy atom. The summed E-state index contributed by atoms with van der Waals surface area (Å²) in [6.07, 6.45) is 4.36. The summed E-state index contributed by atoms with van der Waals surface area (Å²) in [5.74, 6) is -3.12. The third-order valence-corrected chi connectivity index (χ3v) is 11.5. The predicted octanol–water partition coefficient (Wildman–Crippen LogP) is 1.95. The van der Waals surface area contributed by atoms with Crippen LogP contribution in [0.3, 0.4) is 0 Å². The fourth-order valence-corrected chi connectivity index (χ4v) is 8.00. The monoisotopic (exact) mass is 683 g/mol. The maximum Gasteiger partial charge on any atom is 0.410 e. The van der Waals surface area contributed by atoms with E-state index in [1.165, 1.54) is 11.0 Å². The van der Waals surface area contributed by atoms with Gasteiger partial charge in [0.25, 0.3) is 5.91 Å². The number of amides is 5. The van der Waals surface area contributed by atoms with Crippen molar-refractivity contribution in [1.82, 2.24) is 25.2 Å². The number of fused-ring (bicyclic) bond motifs is 3. The number of carbonyl (C=O) groups excluding carboxylic acids is 5. The van der Waals surface area contributed by atoms with E-state index in [0.717, 1.165) is 16.7 Å². The summed E-state index contributed by atoms with van der Waals surface area (Å²) in [5, 5.41) is 4.69. The lowest BCUT2D eigenvalue weighted by molar-refractivity contribution is -0.141. The molecule has 5 atom stereocenters. The van der Waals surface area contributed by atoms with E-state index < -0.39 is 80.7 Å². The molecule has 5 aliphatic rings. The van der Waals surface area contributed by atoms with Crippen LogP contribution in [0, 0.1) is 11.8 Å². The Morgan fingerprint density at radius 3 is 2.62 bits per heavy atom. The highest BCUT2D eigenvalue weighted by atomic mass is 32.2. The highest BCUT2D eigenvalue weighted by Gasteiger charge is 2.62. The van der Waals surface area contributed by atoms with Gasteiger partial charge in [0.15, 0.2) is 0 Å². The van der Waals surface area contributed by atoms with Gasteiger partial charge in [-0.1, -0.05) is 50.3 Å². The number of rotatable bonds is 7. The first-order valence-electron chi connectivity index (χ1n) is 16.3. The topological polar surface area (TPSA) is 181 Å². The van der Waals surface area contributed by atoms with Crippen LogP contribution in [0.1, 0.15) is 62.6 Å². The number of nitrogens with one attached hydrogen (secondary N) is 3. The molecular weight excluding hydrogens is 642 g/mol. The van der Waals surface area contributed by atoms with Gasteiger partial charge >= 0.3 is 12.2 Å². The zero-order valence-corrected chi connectivity index (χ0v) is 27.8. The lowest BCUT2D eigenvalue weighted by atomic mass is 10.0. The molecule has 0 unspecified atom stereocenters. The molecule has 48 heavy (non-hydrogen) atoms. The van der Waals surface area contributed by atoms with Crippen molar-refractivity contribution in [2.24, 2.45) is 11.8 Å². The Hall–Kier alpha value is -4.40. The van der Waals surface area contributed by atoms with Crippen molar-refractivity contribution >= 4 is 46.0 Å². The number of sulfonamides is 1. The van der Waals surface area contributed by atoms with Gasteiger partial charge in [0, 0.05) is 18.9 Å². The summed E-state index contributed by atoms with van der Waals surface area (Å²) < 4.78 is 38.5. The molecule has 0 radical (unpaired) electrons. The number of cyclic esters (lactones) is 1. The zero-order valence-electron chi connectivity index (χ0n) is 27.0. The van der Waals surface area contributed by atoms with Crippen LogP contribution in [0.5, 0.6) is 0 Å². The highest BCUT2D eigenvalue weighted by Crippen LogP contribution is 2.45. The Kier molecular flexibility index (Phi) is 9.00. The van der Waals surface area contributed by atoms with Gasteiger partial charge in [0.05, 0.1) is 24.9 Å². The lowest BCUT2D eigenvalue weighted by Crippen LogP contribution is -2.59. The minimum atomic E-state index is -3.90. The van der Waals surface area contributed by atoms with Crippen LogP contribution in [0.15, 0.2) is 36.9 Å². The first-order valence-corrected chi connectivity index (χ1v) is 17.8. The summed E-state index contributed by atoms with van der Waals surface area (Å²) in [5.41, 5.74) is 1.31. The third-order valence-electron chi connectivity index (χ3n) is 9.66. The number of carbonyl (C=O) groups is 5. The molecule has 3 fully saturated rings. The van der Waals surface area contributed by atoms with Gasteiger partial charge in [-0.15, -0.1) is 6.58 Å². The molecule has 258 valence electrons. The molecule has 6 rings (SSSR count). The van der Waals surface area contributed by atoms with E-state index in [1.807, 2.05) is 30.4 Å². The van der Waals surface area contributed by atoms with E-state index in [0.29, 0.717) is 32.4 Å². The number of hydrogen-bond acceptors (Lipinski definition) is 9. The smallest absolute Gasteiger partial charge is 0.410 e. The first kappa shape index (κ1) is 33.5. The van der Waals surface area contributed by atoms with Crippen LogP contribution in [-0.2, 0) is 47.0 Å². The molecule has 3 N–H and O–H groups in total. The van der Waals surface area contributed by atoms with E-state index in [2.05, 4.69) is 21.9 Å². The molecule has 1 aromatic carbocycles. The second-order valence-electron chi connectivity index (χ2n) is 13.5. The van der Waals surface area contributed by atoms with Crippen molar-refractivity contribution in [2.45, 2.75) is 88.0 Å². The maximum absolute atomic E-state index is 14.1. The fraction of sp³-hybridized carbons (Fsp3) is 0.545. The molecular formula is C33H41N5O9S. The van der Waals surface area contributed by atoms with E-state index in [-0.39, 0.29) is 26.0 Å². The summed E-state index contributed by atoms with van der Waals surface area (Å²) in [6.45, 7) is 7.76.